The molecule has 0 aromatic carbocycles. The summed E-state index contributed by atoms with van der Waals surface area (Å²) in [4.78, 5) is 0. The maximum atomic E-state index is 11.1. The summed E-state index contributed by atoms with van der Waals surface area (Å²) in [6.07, 6.45) is 0. The molecular weight excluding hydrogens is 317 g/mol. The Balaban J connectivity index is 0.00000361. The van der Waals surface area contributed by atoms with E-state index in [1.54, 1.807) is 13.8 Å². The Labute approximate surface area is 143 Å². The zero-order valence-corrected chi connectivity index (χ0v) is 16.2. The molecular formula is C10H20NNaO6S2. The van der Waals surface area contributed by atoms with Crippen molar-refractivity contribution in [3.05, 3.63) is 0 Å². The van der Waals surface area contributed by atoms with Crippen LogP contribution in [-0.2, 0) is 20.2 Å². The number of likely N-dealkylation sites (tertiary alicyclic amines) is 1. The van der Waals surface area contributed by atoms with Crippen LogP contribution in [0.5, 0.6) is 0 Å². The molecule has 1 saturated heterocycles. The Morgan fingerprint density at radius 2 is 1.15 bits per heavy atom. The molecule has 1 rings (SSSR count). The van der Waals surface area contributed by atoms with Crippen LogP contribution in [0.4, 0.5) is 0 Å². The second-order valence-electron chi connectivity index (χ2n) is 6.78. The van der Waals surface area contributed by atoms with Crippen LogP contribution in [0.2, 0.25) is 0 Å². The van der Waals surface area contributed by atoms with E-state index in [0.29, 0.717) is 17.6 Å². The van der Waals surface area contributed by atoms with Crippen LogP contribution < -0.4 is 29.6 Å². The molecule has 0 N–H and O–H groups in total. The average Bonchev–Trinajstić information content (AvgIpc) is 2.05. The van der Waals surface area contributed by atoms with Crippen LogP contribution in [0.25, 0.3) is 0 Å². The first-order valence-electron chi connectivity index (χ1n) is 5.77. The van der Waals surface area contributed by atoms with Crippen molar-refractivity contribution in [1.29, 1.82) is 0 Å². The monoisotopic (exact) mass is 337 g/mol. The number of rotatable bonds is 4. The molecule has 20 heavy (non-hydrogen) atoms. The summed E-state index contributed by atoms with van der Waals surface area (Å²) in [5.74, 6) is -1.32. The molecule has 1 aliphatic rings. The molecule has 2 unspecified atom stereocenters. The van der Waals surface area contributed by atoms with Gasteiger partial charge in [-0.05, 0) is 0 Å². The minimum absolute atomic E-state index is 0. The minimum atomic E-state index is -4.50. The smallest absolute Gasteiger partial charge is 0.748 e. The van der Waals surface area contributed by atoms with Crippen LogP contribution in [0.1, 0.15) is 13.8 Å². The Morgan fingerprint density at radius 1 is 0.900 bits per heavy atom. The van der Waals surface area contributed by atoms with Gasteiger partial charge in [0.15, 0.2) is 0 Å². The van der Waals surface area contributed by atoms with Crippen molar-refractivity contribution in [2.75, 3.05) is 38.7 Å². The van der Waals surface area contributed by atoms with E-state index < -0.39 is 42.6 Å². The largest absolute Gasteiger partial charge is 1.00 e. The van der Waals surface area contributed by atoms with E-state index in [1.807, 2.05) is 14.1 Å². The molecule has 0 aromatic heterocycles. The average molecular weight is 337 g/mol. The second-order valence-corrected chi connectivity index (χ2v) is 9.59. The maximum Gasteiger partial charge on any atom is 1.00 e. The maximum absolute atomic E-state index is 11.1. The van der Waals surface area contributed by atoms with Gasteiger partial charge < -0.3 is 13.6 Å². The van der Waals surface area contributed by atoms with Crippen molar-refractivity contribution < 1.29 is 60.0 Å². The molecule has 1 fully saturated rings. The van der Waals surface area contributed by atoms with Crippen molar-refractivity contribution in [1.82, 2.24) is 0 Å². The number of nitrogens with zero attached hydrogens (tertiary/aromatic N) is 1. The minimum Gasteiger partial charge on any atom is -0.748 e. The number of hydrogen-bond acceptors (Lipinski definition) is 6. The summed E-state index contributed by atoms with van der Waals surface area (Å²) in [5.41, 5.74) is -2.07. The molecule has 2 atom stereocenters. The molecule has 114 valence electrons. The van der Waals surface area contributed by atoms with E-state index in [4.69, 9.17) is 0 Å². The number of quaternary nitrogens is 1. The van der Waals surface area contributed by atoms with Gasteiger partial charge in [0.2, 0.25) is 0 Å². The summed E-state index contributed by atoms with van der Waals surface area (Å²) >= 11 is 0. The zero-order chi connectivity index (χ0) is 15.3. The van der Waals surface area contributed by atoms with Gasteiger partial charge >= 0.3 is 29.6 Å². The van der Waals surface area contributed by atoms with Crippen LogP contribution in [0.15, 0.2) is 0 Å². The molecule has 0 spiro atoms. The van der Waals surface area contributed by atoms with Crippen LogP contribution in [0, 0.1) is 10.8 Å². The van der Waals surface area contributed by atoms with E-state index in [-0.39, 0.29) is 29.6 Å². The molecule has 0 aliphatic carbocycles. The Morgan fingerprint density at radius 3 is 1.35 bits per heavy atom. The van der Waals surface area contributed by atoms with Crippen molar-refractivity contribution in [2.24, 2.45) is 10.8 Å². The Kier molecular flexibility index (Phi) is 5.99. The quantitative estimate of drug-likeness (QED) is 0.295. The molecule has 1 heterocycles. The molecule has 0 saturated carbocycles. The molecule has 10 heteroatoms. The van der Waals surface area contributed by atoms with Gasteiger partial charge in [0.1, 0.15) is 0 Å². The molecule has 0 bridgehead atoms. The van der Waals surface area contributed by atoms with Gasteiger partial charge in [-0.1, -0.05) is 13.8 Å². The molecule has 7 nitrogen and oxygen atoms in total. The first-order valence-corrected chi connectivity index (χ1v) is 8.92. The van der Waals surface area contributed by atoms with Crippen molar-refractivity contribution in [3.63, 3.8) is 0 Å². The summed E-state index contributed by atoms with van der Waals surface area (Å²) in [6, 6.07) is 0. The third-order valence-electron chi connectivity index (χ3n) is 4.00. The van der Waals surface area contributed by atoms with E-state index in [2.05, 4.69) is 0 Å². The molecule has 0 aromatic rings. The van der Waals surface area contributed by atoms with E-state index in [9.17, 15) is 25.9 Å². The van der Waals surface area contributed by atoms with Crippen molar-refractivity contribution in [2.45, 2.75) is 13.8 Å². The number of hydrogen-bond donors (Lipinski definition) is 0. The molecule has 1 aliphatic heterocycles. The van der Waals surface area contributed by atoms with Gasteiger partial charge in [-0.15, -0.1) is 0 Å². The predicted octanol–water partition coefficient (Wildman–Crippen LogP) is -3.82. The fourth-order valence-corrected chi connectivity index (χ4v) is 5.99. The van der Waals surface area contributed by atoms with Gasteiger partial charge in [0.25, 0.3) is 0 Å². The topological polar surface area (TPSA) is 114 Å². The van der Waals surface area contributed by atoms with Crippen LogP contribution in [-0.4, -0.2) is 69.1 Å². The third-order valence-corrected chi connectivity index (χ3v) is 5.98. The van der Waals surface area contributed by atoms with Crippen LogP contribution >= 0.6 is 0 Å². The third kappa shape index (κ3) is 5.20. The van der Waals surface area contributed by atoms with E-state index in [0.717, 1.165) is 0 Å². The normalized spacial score (nSPS) is 33.7. The van der Waals surface area contributed by atoms with Crippen LogP contribution in [0.3, 0.4) is 0 Å². The van der Waals surface area contributed by atoms with E-state index in [1.165, 1.54) is 0 Å². The standard InChI is InChI=1S/C10H21NO6S2.Na/c1-9(7-18(12,13)14)5-11(3,4)6-10(9,2)8-19(15,16)17;/h5-8H2,1-4H3,(H-,12,13,14,15,16,17);/q;+1/p-1. The first kappa shape index (κ1) is 20.8. The second kappa shape index (κ2) is 5.77. The van der Waals surface area contributed by atoms with Crippen molar-refractivity contribution >= 4 is 20.2 Å². The Bertz CT molecular complexity index is 523. The van der Waals surface area contributed by atoms with Gasteiger partial charge in [-0.2, -0.15) is 0 Å². The first-order chi connectivity index (χ1) is 8.08. The summed E-state index contributed by atoms with van der Waals surface area (Å²) in [6.45, 7) is 3.81. The van der Waals surface area contributed by atoms with Gasteiger partial charge in [0, 0.05) is 22.3 Å². The molecule has 0 amide bonds. The SMILES string of the molecule is CC1(CS(=O)(=O)[O-])C[N+](C)(C)CC1(C)CS(=O)(=O)[O-].[Na+]. The Hall–Kier alpha value is 0.780. The zero-order valence-electron chi connectivity index (χ0n) is 12.5. The summed E-state index contributed by atoms with van der Waals surface area (Å²) < 4.78 is 66.8. The van der Waals surface area contributed by atoms with Gasteiger partial charge in [0.05, 0.1) is 47.4 Å². The van der Waals surface area contributed by atoms with Gasteiger partial charge in [-0.3, -0.25) is 0 Å². The molecule has 0 radical (unpaired) electrons. The van der Waals surface area contributed by atoms with Crippen molar-refractivity contribution in [3.8, 4) is 0 Å². The van der Waals surface area contributed by atoms with Gasteiger partial charge in [-0.25, -0.2) is 16.8 Å². The summed E-state index contributed by atoms with van der Waals surface area (Å²) in [7, 11) is -5.36. The predicted molar refractivity (Wildman–Crippen MR) is 67.2 cm³/mol. The summed E-state index contributed by atoms with van der Waals surface area (Å²) in [5, 5.41) is 0. The fraction of sp³-hybridized carbons (Fsp3) is 1.00. The van der Waals surface area contributed by atoms with E-state index >= 15 is 0 Å². The fourth-order valence-electron chi connectivity index (χ4n) is 3.55.